The molecule has 34 heavy (non-hydrogen) atoms. The molecule has 182 valence electrons. The van der Waals surface area contributed by atoms with Gasteiger partial charge in [0.05, 0.1) is 16.4 Å². The fraction of sp³-hybridized carbons (Fsp3) is 0.250. The number of hydrogen-bond donors (Lipinski definition) is 2. The number of halogens is 6. The van der Waals surface area contributed by atoms with Crippen LogP contribution in [0.2, 0.25) is 15.1 Å². The van der Waals surface area contributed by atoms with Crippen molar-refractivity contribution in [3.05, 3.63) is 62.6 Å². The summed E-state index contributed by atoms with van der Waals surface area (Å²) in [5.41, 5.74) is -1.47. The molecule has 2 N–H and O–H groups in total. The van der Waals surface area contributed by atoms with Gasteiger partial charge in [-0.2, -0.15) is 18.2 Å². The number of carboxylic acid groups (broad SMARTS) is 1. The summed E-state index contributed by atoms with van der Waals surface area (Å²) in [6, 6.07) is 7.16. The zero-order valence-corrected chi connectivity index (χ0v) is 19.4. The van der Waals surface area contributed by atoms with E-state index < -0.39 is 36.8 Å². The van der Waals surface area contributed by atoms with Crippen molar-refractivity contribution in [2.75, 3.05) is 18.7 Å². The molecule has 8 nitrogen and oxygen atoms in total. The molecule has 0 spiro atoms. The van der Waals surface area contributed by atoms with Gasteiger partial charge in [-0.05, 0) is 30.3 Å². The molecular formula is C20H15Cl3F3N3O5. The van der Waals surface area contributed by atoms with Crippen LogP contribution >= 0.6 is 34.8 Å². The number of oxime groups is 1. The zero-order chi connectivity index (χ0) is 25.3. The number of nitrogens with one attached hydrogen (secondary N) is 1. The fourth-order valence-electron chi connectivity index (χ4n) is 3.21. The summed E-state index contributed by atoms with van der Waals surface area (Å²) in [4.78, 5) is 28.4. The van der Waals surface area contributed by atoms with Crippen LogP contribution in [0.4, 0.5) is 23.7 Å². The summed E-state index contributed by atoms with van der Waals surface area (Å²) < 4.78 is 47.2. The Bertz CT molecular complexity index is 1140. The van der Waals surface area contributed by atoms with Crippen LogP contribution in [-0.4, -0.2) is 42.7 Å². The lowest BCUT2D eigenvalue weighted by molar-refractivity contribution is -0.275. The maximum Gasteiger partial charge on any atom is 0.435 e. The lowest BCUT2D eigenvalue weighted by Gasteiger charge is -2.29. The lowest BCUT2D eigenvalue weighted by Crippen LogP contribution is -2.47. The summed E-state index contributed by atoms with van der Waals surface area (Å²) in [6.45, 7) is -0.446. The first kappa shape index (κ1) is 25.9. The highest BCUT2D eigenvalue weighted by molar-refractivity contribution is 6.35. The number of carbonyl (C=O) groups excluding carboxylic acids is 1. The Morgan fingerprint density at radius 1 is 1.21 bits per heavy atom. The molecule has 0 fully saturated rings. The molecule has 2 aromatic rings. The number of amides is 2. The van der Waals surface area contributed by atoms with Gasteiger partial charge in [-0.25, -0.2) is 4.79 Å². The van der Waals surface area contributed by atoms with E-state index in [2.05, 4.69) is 15.3 Å². The number of methoxy groups -OCH3 is 1. The van der Waals surface area contributed by atoms with E-state index in [1.807, 2.05) is 0 Å². The predicted octanol–water partition coefficient (Wildman–Crippen LogP) is 5.39. The van der Waals surface area contributed by atoms with E-state index in [4.69, 9.17) is 39.6 Å². The lowest BCUT2D eigenvalue weighted by atomic mass is 9.86. The molecule has 0 saturated heterocycles. The molecule has 1 aliphatic rings. The number of carbonyl (C=O) groups is 2. The van der Waals surface area contributed by atoms with Crippen LogP contribution in [0.15, 0.2) is 41.6 Å². The fourth-order valence-corrected chi connectivity index (χ4v) is 3.94. The number of hydrogen-bond acceptors (Lipinski definition) is 5. The molecule has 0 saturated carbocycles. The van der Waals surface area contributed by atoms with Gasteiger partial charge >= 0.3 is 12.3 Å². The summed E-state index contributed by atoms with van der Waals surface area (Å²) in [5.74, 6) is -0.804. The van der Waals surface area contributed by atoms with Crippen molar-refractivity contribution < 1.29 is 37.4 Å². The largest absolute Gasteiger partial charge is 0.463 e. The van der Waals surface area contributed by atoms with Crippen LogP contribution in [0, 0.1) is 0 Å². The third-order valence-corrected chi connectivity index (χ3v) is 5.49. The van der Waals surface area contributed by atoms with E-state index in [0.29, 0.717) is 5.01 Å². The molecule has 2 aromatic carbocycles. The smallest absolute Gasteiger partial charge is 0.435 e. The number of hydrazine groups is 1. The van der Waals surface area contributed by atoms with Gasteiger partial charge in [-0.3, -0.25) is 10.2 Å². The molecule has 3 rings (SSSR count). The van der Waals surface area contributed by atoms with Gasteiger partial charge in [0.1, 0.15) is 6.61 Å². The van der Waals surface area contributed by atoms with Gasteiger partial charge in [0.25, 0.3) is 11.5 Å². The van der Waals surface area contributed by atoms with Crippen molar-refractivity contribution in [2.45, 2.75) is 18.2 Å². The van der Waals surface area contributed by atoms with Crippen molar-refractivity contribution in [3.8, 4) is 0 Å². The topological polar surface area (TPSA) is 100 Å². The molecule has 0 bridgehead atoms. The molecule has 0 aliphatic carbocycles. The number of rotatable bonds is 5. The first-order chi connectivity index (χ1) is 15.9. The van der Waals surface area contributed by atoms with Crippen LogP contribution in [0.3, 0.4) is 0 Å². The van der Waals surface area contributed by atoms with E-state index >= 15 is 0 Å². The molecule has 0 aromatic heterocycles. The third-order valence-electron chi connectivity index (χ3n) is 4.74. The van der Waals surface area contributed by atoms with Crippen LogP contribution in [0.25, 0.3) is 0 Å². The summed E-state index contributed by atoms with van der Waals surface area (Å²) >= 11 is 17.9. The number of ether oxygens (including phenoxy) is 1. The van der Waals surface area contributed by atoms with E-state index in [1.165, 1.54) is 25.3 Å². The van der Waals surface area contributed by atoms with Crippen molar-refractivity contribution in [2.24, 2.45) is 5.16 Å². The summed E-state index contributed by atoms with van der Waals surface area (Å²) in [7, 11) is 1.23. The van der Waals surface area contributed by atoms with Gasteiger partial charge in [-0.15, -0.1) is 0 Å². The van der Waals surface area contributed by atoms with E-state index in [1.54, 1.807) is 0 Å². The zero-order valence-electron chi connectivity index (χ0n) is 17.1. The maximum absolute atomic E-state index is 14.2. The van der Waals surface area contributed by atoms with Crippen molar-refractivity contribution >= 4 is 58.2 Å². The van der Waals surface area contributed by atoms with Crippen LogP contribution in [0.1, 0.15) is 17.5 Å². The predicted molar refractivity (Wildman–Crippen MR) is 118 cm³/mol. The molecule has 0 radical (unpaired) electrons. The average molecular weight is 541 g/mol. The Hall–Kier alpha value is -2.73. The number of nitrogens with zero attached hydrogens (tertiary/aromatic N) is 2. The molecule has 1 heterocycles. The number of benzene rings is 2. The third kappa shape index (κ3) is 5.17. The van der Waals surface area contributed by atoms with Crippen molar-refractivity contribution in [3.63, 3.8) is 0 Å². The Balaban J connectivity index is 2.00. The molecular weight excluding hydrogens is 526 g/mol. The molecule has 1 unspecified atom stereocenters. The highest BCUT2D eigenvalue weighted by Crippen LogP contribution is 2.50. The van der Waals surface area contributed by atoms with Crippen LogP contribution in [0.5, 0.6) is 0 Å². The normalized spacial score (nSPS) is 17.7. The first-order valence-corrected chi connectivity index (χ1v) is 10.4. The van der Waals surface area contributed by atoms with Crippen molar-refractivity contribution in [1.29, 1.82) is 0 Å². The molecule has 14 heteroatoms. The second-order valence-electron chi connectivity index (χ2n) is 7.04. The van der Waals surface area contributed by atoms with Crippen LogP contribution < -0.4 is 10.4 Å². The van der Waals surface area contributed by atoms with Gasteiger partial charge in [-0.1, -0.05) is 46.0 Å². The second-order valence-corrected chi connectivity index (χ2v) is 8.32. The number of alkyl halides is 3. The highest BCUT2D eigenvalue weighted by Gasteiger charge is 2.62. The monoisotopic (exact) mass is 539 g/mol. The SMILES string of the molecule is COCC(=O)NN(C(=O)O)c1cc(C2=NOC(c3cc(Cl)cc(Cl)c3)(C(F)(F)F)C2)ccc1Cl. The van der Waals surface area contributed by atoms with Crippen LogP contribution in [-0.2, 0) is 20.0 Å². The summed E-state index contributed by atoms with van der Waals surface area (Å²) in [6.07, 6.45) is -7.29. The van der Waals surface area contributed by atoms with E-state index in [0.717, 1.165) is 18.2 Å². The number of anilines is 1. The maximum atomic E-state index is 14.2. The standard InChI is InChI=1S/C20H15Cl3F3N3O5/c1-33-9-17(30)27-29(18(31)32)16-4-10(2-3-14(16)23)15-8-19(34-28-15,20(24,25)26)11-5-12(21)7-13(22)6-11/h2-7H,8-9H2,1H3,(H,27,30)(H,31,32). The van der Waals surface area contributed by atoms with E-state index in [9.17, 15) is 27.9 Å². The first-order valence-electron chi connectivity index (χ1n) is 9.27. The summed E-state index contributed by atoms with van der Waals surface area (Å²) in [5, 5.41) is 13.4. The van der Waals surface area contributed by atoms with Gasteiger partial charge < -0.3 is 14.7 Å². The quantitative estimate of drug-likeness (QED) is 0.495. The minimum Gasteiger partial charge on any atom is -0.463 e. The Morgan fingerprint density at radius 3 is 2.41 bits per heavy atom. The van der Waals surface area contributed by atoms with Gasteiger partial charge in [0.15, 0.2) is 0 Å². The Kier molecular flexibility index (Phi) is 7.51. The van der Waals surface area contributed by atoms with Gasteiger partial charge in [0, 0.05) is 34.7 Å². The molecule has 1 aliphatic heterocycles. The highest BCUT2D eigenvalue weighted by atomic mass is 35.5. The minimum atomic E-state index is -4.91. The Morgan fingerprint density at radius 2 is 1.85 bits per heavy atom. The Labute approximate surface area is 205 Å². The van der Waals surface area contributed by atoms with Gasteiger partial charge in [0.2, 0.25) is 0 Å². The molecule has 2 amide bonds. The minimum absolute atomic E-state index is 0.0270. The average Bonchev–Trinajstić information content (AvgIpc) is 3.19. The second kappa shape index (κ2) is 9.87. The molecule has 1 atom stereocenters. The van der Waals surface area contributed by atoms with E-state index in [-0.39, 0.29) is 37.6 Å². The van der Waals surface area contributed by atoms with Crippen molar-refractivity contribution in [1.82, 2.24) is 5.43 Å².